The lowest BCUT2D eigenvalue weighted by Crippen LogP contribution is -2.15. The van der Waals surface area contributed by atoms with E-state index in [4.69, 9.17) is 4.74 Å². The van der Waals surface area contributed by atoms with Gasteiger partial charge in [0, 0.05) is 5.75 Å². The zero-order chi connectivity index (χ0) is 21.7. The molecule has 0 radical (unpaired) electrons. The minimum absolute atomic E-state index is 0.0333. The molecule has 0 spiro atoms. The first kappa shape index (κ1) is 21.4. The van der Waals surface area contributed by atoms with E-state index in [0.29, 0.717) is 11.1 Å². The highest BCUT2D eigenvalue weighted by molar-refractivity contribution is 7.98. The summed E-state index contributed by atoms with van der Waals surface area (Å²) in [6.45, 7) is -0.0333. The van der Waals surface area contributed by atoms with Gasteiger partial charge >= 0.3 is 6.18 Å². The van der Waals surface area contributed by atoms with Crippen LogP contribution in [0.2, 0.25) is 0 Å². The third-order valence-corrected chi connectivity index (χ3v) is 4.87. The lowest BCUT2D eigenvalue weighted by atomic mass is 10.1. The van der Waals surface area contributed by atoms with Gasteiger partial charge in [-0.1, -0.05) is 36.0 Å². The molecule has 3 rings (SSSR count). The predicted octanol–water partition coefficient (Wildman–Crippen LogP) is 4.67. The standard InChI is InChI=1S/C20H13F4N3O2S/c21-15-7-3-12(4-8-15)10-29-18-16(9-25)17(28)26-19(27-18)30-11-13-1-5-14(6-2-13)20(22,23)24/h1-8H,10-11H2,(H,26,27,28). The Hall–Kier alpha value is -3.32. The summed E-state index contributed by atoms with van der Waals surface area (Å²) in [7, 11) is 0. The van der Waals surface area contributed by atoms with Crippen LogP contribution in [-0.4, -0.2) is 9.97 Å². The van der Waals surface area contributed by atoms with E-state index in [0.717, 1.165) is 23.9 Å². The van der Waals surface area contributed by atoms with Crippen molar-refractivity contribution < 1.29 is 22.3 Å². The number of nitriles is 1. The number of H-pyrrole nitrogens is 1. The van der Waals surface area contributed by atoms with Crippen LogP contribution in [-0.2, 0) is 18.5 Å². The number of aromatic nitrogens is 2. The van der Waals surface area contributed by atoms with Crippen LogP contribution in [0.3, 0.4) is 0 Å². The molecule has 0 bridgehead atoms. The highest BCUT2D eigenvalue weighted by atomic mass is 32.2. The molecule has 2 aromatic carbocycles. The summed E-state index contributed by atoms with van der Waals surface area (Å²) in [4.78, 5) is 18.7. The van der Waals surface area contributed by atoms with Gasteiger partial charge in [-0.15, -0.1) is 0 Å². The van der Waals surface area contributed by atoms with Crippen LogP contribution in [0.25, 0.3) is 0 Å². The minimum Gasteiger partial charge on any atom is -0.472 e. The lowest BCUT2D eigenvalue weighted by molar-refractivity contribution is -0.137. The normalized spacial score (nSPS) is 11.2. The van der Waals surface area contributed by atoms with Crippen molar-refractivity contribution in [3.05, 3.63) is 87.0 Å². The molecule has 1 N–H and O–H groups in total. The molecule has 3 aromatic rings. The van der Waals surface area contributed by atoms with Gasteiger partial charge < -0.3 is 9.72 Å². The Morgan fingerprint density at radius 2 is 1.70 bits per heavy atom. The number of hydrogen-bond acceptors (Lipinski definition) is 5. The summed E-state index contributed by atoms with van der Waals surface area (Å²) >= 11 is 1.07. The maximum Gasteiger partial charge on any atom is 0.416 e. The molecule has 0 aliphatic rings. The third kappa shape index (κ3) is 5.39. The van der Waals surface area contributed by atoms with Gasteiger partial charge in [-0.25, -0.2) is 4.39 Å². The van der Waals surface area contributed by atoms with Crippen LogP contribution in [0.1, 0.15) is 22.3 Å². The highest BCUT2D eigenvalue weighted by Gasteiger charge is 2.29. The Morgan fingerprint density at radius 3 is 2.30 bits per heavy atom. The molecular formula is C20H13F4N3O2S. The topological polar surface area (TPSA) is 78.8 Å². The summed E-state index contributed by atoms with van der Waals surface area (Å²) < 4.78 is 56.3. The molecule has 0 saturated heterocycles. The van der Waals surface area contributed by atoms with Crippen LogP contribution in [0, 0.1) is 17.1 Å². The van der Waals surface area contributed by atoms with Crippen LogP contribution < -0.4 is 10.3 Å². The fourth-order valence-corrected chi connectivity index (χ4v) is 3.19. The van der Waals surface area contributed by atoms with E-state index in [1.165, 1.54) is 36.4 Å². The maximum atomic E-state index is 13.0. The largest absolute Gasteiger partial charge is 0.472 e. The van der Waals surface area contributed by atoms with E-state index in [-0.39, 0.29) is 29.0 Å². The zero-order valence-corrected chi connectivity index (χ0v) is 16.0. The number of nitrogens with one attached hydrogen (secondary N) is 1. The molecule has 0 unspecified atom stereocenters. The Morgan fingerprint density at radius 1 is 1.07 bits per heavy atom. The number of alkyl halides is 3. The molecule has 30 heavy (non-hydrogen) atoms. The molecule has 1 aromatic heterocycles. The fourth-order valence-electron chi connectivity index (χ4n) is 2.38. The number of ether oxygens (including phenoxy) is 1. The Balaban J connectivity index is 1.73. The van der Waals surface area contributed by atoms with Gasteiger partial charge in [-0.2, -0.15) is 23.4 Å². The molecule has 154 valence electrons. The van der Waals surface area contributed by atoms with Crippen molar-refractivity contribution in [3.8, 4) is 11.9 Å². The molecule has 0 saturated carbocycles. The first-order valence-corrected chi connectivity index (χ1v) is 9.45. The molecule has 0 aliphatic carbocycles. The van der Waals surface area contributed by atoms with Crippen LogP contribution in [0.15, 0.2) is 58.5 Å². The van der Waals surface area contributed by atoms with Gasteiger partial charge in [0.15, 0.2) is 10.7 Å². The van der Waals surface area contributed by atoms with Crippen molar-refractivity contribution in [2.75, 3.05) is 0 Å². The van der Waals surface area contributed by atoms with Crippen LogP contribution >= 0.6 is 11.8 Å². The monoisotopic (exact) mass is 435 g/mol. The first-order valence-electron chi connectivity index (χ1n) is 8.47. The second-order valence-corrected chi connectivity index (χ2v) is 7.03. The Bertz CT molecular complexity index is 1120. The van der Waals surface area contributed by atoms with E-state index in [1.54, 1.807) is 6.07 Å². The molecule has 0 aliphatic heterocycles. The summed E-state index contributed by atoms with van der Waals surface area (Å²) in [6, 6.07) is 11.8. The summed E-state index contributed by atoms with van der Waals surface area (Å²) in [5, 5.41) is 9.33. The maximum absolute atomic E-state index is 13.0. The summed E-state index contributed by atoms with van der Waals surface area (Å²) in [5.41, 5.74) is -0.555. The van der Waals surface area contributed by atoms with Gasteiger partial charge in [0.2, 0.25) is 5.88 Å². The SMILES string of the molecule is N#Cc1c(OCc2ccc(F)cc2)nc(SCc2ccc(C(F)(F)F)cc2)[nH]c1=O. The van der Waals surface area contributed by atoms with E-state index >= 15 is 0 Å². The number of thioether (sulfide) groups is 1. The van der Waals surface area contributed by atoms with E-state index in [1.807, 2.05) is 0 Å². The highest BCUT2D eigenvalue weighted by Crippen LogP contribution is 2.30. The first-order chi connectivity index (χ1) is 14.3. The molecule has 0 fully saturated rings. The van der Waals surface area contributed by atoms with Gasteiger partial charge in [0.25, 0.3) is 5.56 Å². The molecule has 10 heteroatoms. The molecule has 0 atom stereocenters. The van der Waals surface area contributed by atoms with Gasteiger partial charge in [-0.05, 0) is 35.4 Å². The van der Waals surface area contributed by atoms with Crippen molar-refractivity contribution >= 4 is 11.8 Å². The third-order valence-electron chi connectivity index (χ3n) is 3.92. The van der Waals surface area contributed by atoms with Gasteiger partial charge in [0.05, 0.1) is 5.56 Å². The van der Waals surface area contributed by atoms with Crippen LogP contribution in [0.5, 0.6) is 5.88 Å². The van der Waals surface area contributed by atoms with Crippen molar-refractivity contribution in [1.82, 2.24) is 9.97 Å². The minimum atomic E-state index is -4.41. The second kappa shape index (κ2) is 9.00. The Labute approximate surface area is 172 Å². The smallest absolute Gasteiger partial charge is 0.416 e. The van der Waals surface area contributed by atoms with Gasteiger partial charge in [-0.3, -0.25) is 4.79 Å². The molecule has 5 nitrogen and oxygen atoms in total. The van der Waals surface area contributed by atoms with Crippen molar-refractivity contribution in [1.29, 1.82) is 5.26 Å². The van der Waals surface area contributed by atoms with E-state index in [9.17, 15) is 27.6 Å². The lowest BCUT2D eigenvalue weighted by Gasteiger charge is -2.09. The summed E-state index contributed by atoms with van der Waals surface area (Å²) in [6.07, 6.45) is -4.41. The number of hydrogen-bond donors (Lipinski definition) is 1. The van der Waals surface area contributed by atoms with E-state index in [2.05, 4.69) is 9.97 Å². The average molecular weight is 435 g/mol. The number of aromatic amines is 1. The molecule has 1 heterocycles. The fraction of sp³-hybridized carbons (Fsp3) is 0.150. The Kier molecular flexibility index (Phi) is 6.42. The zero-order valence-electron chi connectivity index (χ0n) is 15.2. The number of nitrogens with zero attached hydrogens (tertiary/aromatic N) is 2. The predicted molar refractivity (Wildman–Crippen MR) is 101 cm³/mol. The van der Waals surface area contributed by atoms with Crippen molar-refractivity contribution in [2.24, 2.45) is 0 Å². The number of benzene rings is 2. The molecular weight excluding hydrogens is 422 g/mol. The van der Waals surface area contributed by atoms with E-state index < -0.39 is 23.1 Å². The quantitative estimate of drug-likeness (QED) is 0.346. The average Bonchev–Trinajstić information content (AvgIpc) is 2.71. The van der Waals surface area contributed by atoms with Crippen molar-refractivity contribution in [3.63, 3.8) is 0 Å². The molecule has 0 amide bonds. The number of halogens is 4. The summed E-state index contributed by atoms with van der Waals surface area (Å²) in [5.74, 6) is -0.349. The second-order valence-electron chi connectivity index (χ2n) is 6.06. The number of rotatable bonds is 6. The van der Waals surface area contributed by atoms with Crippen LogP contribution in [0.4, 0.5) is 17.6 Å². The van der Waals surface area contributed by atoms with Crippen molar-refractivity contribution in [2.45, 2.75) is 23.7 Å². The van der Waals surface area contributed by atoms with Gasteiger partial charge in [0.1, 0.15) is 18.5 Å².